The van der Waals surface area contributed by atoms with Crippen LogP contribution in [-0.2, 0) is 4.74 Å². The molecule has 0 aliphatic carbocycles. The van der Waals surface area contributed by atoms with Gasteiger partial charge in [0, 0.05) is 12.1 Å². The average molecular weight is 207 g/mol. The molecular weight excluding hydrogens is 190 g/mol. The average Bonchev–Trinajstić information content (AvgIpc) is 3.09. The van der Waals surface area contributed by atoms with E-state index >= 15 is 0 Å². The summed E-state index contributed by atoms with van der Waals surface area (Å²) in [5.41, 5.74) is 0. The molecule has 3 heteroatoms. The van der Waals surface area contributed by atoms with Crippen LogP contribution in [0.2, 0.25) is 0 Å². The molecule has 0 amide bonds. The van der Waals surface area contributed by atoms with Crippen molar-refractivity contribution in [1.29, 1.82) is 0 Å². The Bertz CT molecular complexity index is 285. The molecule has 0 bridgehead atoms. The van der Waals surface area contributed by atoms with Gasteiger partial charge in [-0.1, -0.05) is 13.3 Å². The molecule has 1 aliphatic rings. The van der Waals surface area contributed by atoms with Crippen LogP contribution in [0.3, 0.4) is 0 Å². The highest BCUT2D eigenvalue weighted by Gasteiger charge is 2.32. The first-order chi connectivity index (χ1) is 7.40. The first-order valence-electron chi connectivity index (χ1n) is 5.54. The summed E-state index contributed by atoms with van der Waals surface area (Å²) in [6, 6.07) is 3.82. The molecule has 0 aromatic carbocycles. The number of pyridine rings is 1. The van der Waals surface area contributed by atoms with Crippen molar-refractivity contribution in [3.63, 3.8) is 0 Å². The van der Waals surface area contributed by atoms with Crippen molar-refractivity contribution in [3.05, 3.63) is 24.5 Å². The van der Waals surface area contributed by atoms with Crippen molar-refractivity contribution in [2.45, 2.75) is 25.9 Å². The highest BCUT2D eigenvalue weighted by molar-refractivity contribution is 5.15. The van der Waals surface area contributed by atoms with Crippen LogP contribution < -0.4 is 4.74 Å². The molecule has 2 unspecified atom stereocenters. The molecule has 1 aromatic rings. The normalized spacial score (nSPS) is 21.0. The van der Waals surface area contributed by atoms with Crippen LogP contribution in [0.25, 0.3) is 0 Å². The predicted octanol–water partition coefficient (Wildman–Crippen LogP) is 2.28. The molecule has 2 rings (SSSR count). The van der Waals surface area contributed by atoms with Gasteiger partial charge in [-0.3, -0.25) is 4.98 Å². The molecule has 0 radical (unpaired) electrons. The molecule has 0 N–H and O–H groups in total. The highest BCUT2D eigenvalue weighted by atomic mass is 16.6. The van der Waals surface area contributed by atoms with Crippen LogP contribution in [0.15, 0.2) is 24.5 Å². The van der Waals surface area contributed by atoms with Crippen LogP contribution in [0.1, 0.15) is 19.8 Å². The predicted molar refractivity (Wildman–Crippen MR) is 57.9 cm³/mol. The zero-order chi connectivity index (χ0) is 10.5. The van der Waals surface area contributed by atoms with E-state index in [1.165, 1.54) is 12.8 Å². The Hall–Kier alpha value is -1.09. The third-order valence-electron chi connectivity index (χ3n) is 2.64. The molecular formula is C12H17NO2. The van der Waals surface area contributed by atoms with Crippen molar-refractivity contribution in [1.82, 2.24) is 4.98 Å². The van der Waals surface area contributed by atoms with Gasteiger partial charge in [-0.15, -0.1) is 0 Å². The number of epoxide rings is 1. The number of hydrogen-bond acceptors (Lipinski definition) is 3. The highest BCUT2D eigenvalue weighted by Crippen LogP contribution is 2.25. The van der Waals surface area contributed by atoms with E-state index in [9.17, 15) is 0 Å². The lowest BCUT2D eigenvalue weighted by Crippen LogP contribution is -2.17. The van der Waals surface area contributed by atoms with Gasteiger partial charge in [0.15, 0.2) is 0 Å². The lowest BCUT2D eigenvalue weighted by molar-refractivity contribution is 0.201. The summed E-state index contributed by atoms with van der Waals surface area (Å²) in [6.45, 7) is 3.84. The summed E-state index contributed by atoms with van der Waals surface area (Å²) >= 11 is 0. The van der Waals surface area contributed by atoms with Crippen LogP contribution in [0.4, 0.5) is 0 Å². The van der Waals surface area contributed by atoms with Gasteiger partial charge in [0.1, 0.15) is 5.75 Å². The summed E-state index contributed by atoms with van der Waals surface area (Å²) in [5.74, 6) is 1.38. The molecule has 0 saturated carbocycles. The molecule has 3 nitrogen and oxygen atoms in total. The van der Waals surface area contributed by atoms with Gasteiger partial charge >= 0.3 is 0 Å². The van der Waals surface area contributed by atoms with Crippen molar-refractivity contribution in [2.75, 3.05) is 13.2 Å². The number of rotatable bonds is 6. The minimum absolute atomic E-state index is 0.432. The zero-order valence-corrected chi connectivity index (χ0v) is 9.06. The number of hydrogen-bond donors (Lipinski definition) is 0. The number of aromatic nitrogens is 1. The fraction of sp³-hybridized carbons (Fsp3) is 0.583. The van der Waals surface area contributed by atoms with Gasteiger partial charge in [-0.2, -0.15) is 0 Å². The maximum Gasteiger partial charge on any atom is 0.137 e. The van der Waals surface area contributed by atoms with Crippen LogP contribution >= 0.6 is 0 Å². The molecule has 15 heavy (non-hydrogen) atoms. The first-order valence-corrected chi connectivity index (χ1v) is 5.54. The van der Waals surface area contributed by atoms with Crippen molar-refractivity contribution in [2.24, 2.45) is 5.92 Å². The quantitative estimate of drug-likeness (QED) is 0.671. The SMILES string of the molecule is CCCC(COc1cccnc1)C1CO1. The second-order valence-electron chi connectivity index (χ2n) is 3.92. The standard InChI is InChI=1S/C12H17NO2/c1-2-4-10(12-9-15-12)8-14-11-5-3-6-13-7-11/h3,5-7,10,12H,2,4,8-9H2,1H3. The van der Waals surface area contributed by atoms with E-state index in [-0.39, 0.29) is 0 Å². The van der Waals surface area contributed by atoms with E-state index in [1.807, 2.05) is 12.1 Å². The van der Waals surface area contributed by atoms with Gasteiger partial charge < -0.3 is 9.47 Å². The van der Waals surface area contributed by atoms with Gasteiger partial charge in [0.2, 0.25) is 0 Å². The van der Waals surface area contributed by atoms with E-state index in [2.05, 4.69) is 11.9 Å². The zero-order valence-electron chi connectivity index (χ0n) is 9.06. The van der Waals surface area contributed by atoms with E-state index in [0.29, 0.717) is 12.0 Å². The van der Waals surface area contributed by atoms with E-state index in [4.69, 9.17) is 9.47 Å². The molecule has 1 saturated heterocycles. The molecule has 2 heterocycles. The van der Waals surface area contributed by atoms with Crippen LogP contribution in [0, 0.1) is 5.92 Å². The Morgan fingerprint density at radius 3 is 3.13 bits per heavy atom. The Morgan fingerprint density at radius 1 is 1.67 bits per heavy atom. The smallest absolute Gasteiger partial charge is 0.137 e. The van der Waals surface area contributed by atoms with Crippen LogP contribution in [-0.4, -0.2) is 24.3 Å². The molecule has 2 atom stereocenters. The van der Waals surface area contributed by atoms with Gasteiger partial charge in [0.25, 0.3) is 0 Å². The Labute approximate surface area is 90.4 Å². The fourth-order valence-corrected chi connectivity index (χ4v) is 1.71. The third kappa shape index (κ3) is 3.20. The van der Waals surface area contributed by atoms with Gasteiger partial charge in [-0.25, -0.2) is 0 Å². The Morgan fingerprint density at radius 2 is 2.53 bits per heavy atom. The summed E-state index contributed by atoms with van der Waals surface area (Å²) in [6.07, 6.45) is 6.28. The van der Waals surface area contributed by atoms with Gasteiger partial charge in [0.05, 0.1) is 25.5 Å². The number of nitrogens with zero attached hydrogens (tertiary/aromatic N) is 1. The summed E-state index contributed by atoms with van der Waals surface area (Å²) in [7, 11) is 0. The monoisotopic (exact) mass is 207 g/mol. The maximum atomic E-state index is 5.68. The fourth-order valence-electron chi connectivity index (χ4n) is 1.71. The molecule has 82 valence electrons. The minimum atomic E-state index is 0.432. The topological polar surface area (TPSA) is 34.6 Å². The lowest BCUT2D eigenvalue weighted by Gasteiger charge is -2.14. The van der Waals surface area contributed by atoms with Crippen molar-refractivity contribution < 1.29 is 9.47 Å². The summed E-state index contributed by atoms with van der Waals surface area (Å²) < 4.78 is 11.0. The molecule has 1 aromatic heterocycles. The van der Waals surface area contributed by atoms with E-state index < -0.39 is 0 Å². The Balaban J connectivity index is 1.80. The minimum Gasteiger partial charge on any atom is -0.492 e. The lowest BCUT2D eigenvalue weighted by atomic mass is 10.0. The van der Waals surface area contributed by atoms with E-state index in [0.717, 1.165) is 19.0 Å². The Kier molecular flexibility index (Phi) is 3.56. The summed E-state index contributed by atoms with van der Waals surface area (Å²) in [4.78, 5) is 4.01. The summed E-state index contributed by atoms with van der Waals surface area (Å²) in [5, 5.41) is 0. The largest absolute Gasteiger partial charge is 0.492 e. The van der Waals surface area contributed by atoms with Gasteiger partial charge in [-0.05, 0) is 18.6 Å². The first kappa shape index (κ1) is 10.4. The van der Waals surface area contributed by atoms with Crippen LogP contribution in [0.5, 0.6) is 5.75 Å². The van der Waals surface area contributed by atoms with E-state index in [1.54, 1.807) is 12.4 Å². The molecule has 1 aliphatic heterocycles. The second-order valence-corrected chi connectivity index (χ2v) is 3.92. The van der Waals surface area contributed by atoms with Crippen molar-refractivity contribution in [3.8, 4) is 5.75 Å². The number of ether oxygens (including phenoxy) is 2. The molecule has 0 spiro atoms. The molecule has 1 fully saturated rings. The maximum absolute atomic E-state index is 5.68. The third-order valence-corrected chi connectivity index (χ3v) is 2.64. The second kappa shape index (κ2) is 5.12. The van der Waals surface area contributed by atoms with Crippen molar-refractivity contribution >= 4 is 0 Å².